The van der Waals surface area contributed by atoms with Crippen LogP contribution in [0.5, 0.6) is 0 Å². The molecule has 3 heteroatoms. The van der Waals surface area contributed by atoms with Gasteiger partial charge in [0.1, 0.15) is 0 Å². The average molecular weight is 232 g/mol. The predicted molar refractivity (Wildman–Crippen MR) is 69.0 cm³/mol. The number of nitrogens with two attached hydrogens (primary N) is 1. The van der Waals surface area contributed by atoms with E-state index in [2.05, 4.69) is 17.4 Å². The Labute approximate surface area is 102 Å². The molecule has 3 nitrogen and oxygen atoms in total. The summed E-state index contributed by atoms with van der Waals surface area (Å²) in [7, 11) is 1.99. The highest BCUT2D eigenvalue weighted by Gasteiger charge is 2.37. The van der Waals surface area contributed by atoms with Crippen molar-refractivity contribution >= 4 is 5.91 Å². The van der Waals surface area contributed by atoms with Crippen LogP contribution in [0.3, 0.4) is 0 Å². The molecule has 0 spiro atoms. The summed E-state index contributed by atoms with van der Waals surface area (Å²) >= 11 is 0. The maximum atomic E-state index is 11.0. The van der Waals surface area contributed by atoms with Crippen LogP contribution in [0, 0.1) is 0 Å². The Morgan fingerprint density at radius 3 is 2.41 bits per heavy atom. The fourth-order valence-corrected chi connectivity index (χ4v) is 2.64. The van der Waals surface area contributed by atoms with Gasteiger partial charge in [0.25, 0.3) is 0 Å². The van der Waals surface area contributed by atoms with Gasteiger partial charge >= 0.3 is 0 Å². The highest BCUT2D eigenvalue weighted by molar-refractivity contribution is 5.92. The molecule has 0 radical (unpaired) electrons. The minimum absolute atomic E-state index is 0.333. The van der Waals surface area contributed by atoms with Crippen molar-refractivity contribution in [2.45, 2.75) is 31.1 Å². The fraction of sp³-hybridized carbons (Fsp3) is 0.500. The van der Waals surface area contributed by atoms with E-state index in [1.54, 1.807) is 0 Å². The third-order valence-electron chi connectivity index (χ3n) is 3.95. The number of benzene rings is 1. The standard InChI is InChI=1S/C14H20N2O/c1-16-10-9-14(7-2-8-14)12-5-3-11(4-6-12)13(15)17/h3-6,16H,2,7-10H2,1H3,(H2,15,17). The van der Waals surface area contributed by atoms with E-state index in [1.807, 2.05) is 19.2 Å². The first kappa shape index (κ1) is 12.1. The number of primary amides is 1. The molecule has 0 aliphatic heterocycles. The number of carbonyl (C=O) groups excluding carboxylic acids is 1. The monoisotopic (exact) mass is 232 g/mol. The van der Waals surface area contributed by atoms with Crippen LogP contribution < -0.4 is 11.1 Å². The van der Waals surface area contributed by atoms with Gasteiger partial charge in [-0.05, 0) is 56.0 Å². The highest BCUT2D eigenvalue weighted by Crippen LogP contribution is 2.46. The summed E-state index contributed by atoms with van der Waals surface area (Å²) in [6.45, 7) is 1.04. The van der Waals surface area contributed by atoms with Crippen LogP contribution in [0.4, 0.5) is 0 Å². The minimum atomic E-state index is -0.352. The lowest BCUT2D eigenvalue weighted by Gasteiger charge is -2.43. The maximum Gasteiger partial charge on any atom is 0.248 e. The number of hydrogen-bond acceptors (Lipinski definition) is 2. The van der Waals surface area contributed by atoms with E-state index in [0.717, 1.165) is 6.54 Å². The first-order valence-electron chi connectivity index (χ1n) is 6.23. The molecule has 1 amide bonds. The Bertz CT molecular complexity index is 393. The van der Waals surface area contributed by atoms with Crippen LogP contribution in [0.2, 0.25) is 0 Å². The zero-order chi connectivity index (χ0) is 12.3. The Hall–Kier alpha value is -1.35. The average Bonchev–Trinajstić information content (AvgIpc) is 2.28. The van der Waals surface area contributed by atoms with E-state index in [4.69, 9.17) is 5.73 Å². The SMILES string of the molecule is CNCCC1(c2ccc(C(N)=O)cc2)CCC1. The van der Waals surface area contributed by atoms with Crippen molar-refractivity contribution in [3.8, 4) is 0 Å². The smallest absolute Gasteiger partial charge is 0.248 e. The van der Waals surface area contributed by atoms with Crippen molar-refractivity contribution in [2.75, 3.05) is 13.6 Å². The molecule has 1 aliphatic rings. The molecule has 0 bridgehead atoms. The van der Waals surface area contributed by atoms with Crippen LogP contribution in [0.1, 0.15) is 41.6 Å². The second-order valence-corrected chi connectivity index (χ2v) is 4.93. The lowest BCUT2D eigenvalue weighted by atomic mass is 9.62. The van der Waals surface area contributed by atoms with Crippen LogP contribution in [-0.4, -0.2) is 19.5 Å². The summed E-state index contributed by atoms with van der Waals surface area (Å²) in [5, 5.41) is 3.22. The lowest BCUT2D eigenvalue weighted by molar-refractivity contribution is 0.1000. The van der Waals surface area contributed by atoms with Gasteiger partial charge in [0.15, 0.2) is 0 Å². The quantitative estimate of drug-likeness (QED) is 0.813. The van der Waals surface area contributed by atoms with Gasteiger partial charge in [-0.3, -0.25) is 4.79 Å². The molecule has 0 atom stereocenters. The van der Waals surface area contributed by atoms with E-state index in [-0.39, 0.29) is 5.91 Å². The summed E-state index contributed by atoms with van der Waals surface area (Å²) < 4.78 is 0. The molecule has 2 rings (SSSR count). The van der Waals surface area contributed by atoms with E-state index in [9.17, 15) is 4.79 Å². The molecule has 0 unspecified atom stereocenters. The molecule has 1 aromatic carbocycles. The van der Waals surface area contributed by atoms with Crippen molar-refractivity contribution in [2.24, 2.45) is 5.73 Å². The Balaban J connectivity index is 2.17. The van der Waals surface area contributed by atoms with Crippen molar-refractivity contribution < 1.29 is 4.79 Å². The molecule has 1 aliphatic carbocycles. The first-order chi connectivity index (χ1) is 8.18. The molecule has 92 valence electrons. The van der Waals surface area contributed by atoms with Crippen molar-refractivity contribution in [3.63, 3.8) is 0 Å². The number of amides is 1. The van der Waals surface area contributed by atoms with Gasteiger partial charge in [0.05, 0.1) is 0 Å². The van der Waals surface area contributed by atoms with Crippen LogP contribution in [0.25, 0.3) is 0 Å². The third kappa shape index (κ3) is 2.34. The van der Waals surface area contributed by atoms with Crippen LogP contribution >= 0.6 is 0 Å². The molecule has 1 saturated carbocycles. The van der Waals surface area contributed by atoms with Crippen LogP contribution in [0.15, 0.2) is 24.3 Å². The summed E-state index contributed by atoms with van der Waals surface area (Å²) in [5.41, 5.74) is 7.53. The minimum Gasteiger partial charge on any atom is -0.366 e. The van der Waals surface area contributed by atoms with Gasteiger partial charge in [0, 0.05) is 5.56 Å². The molecule has 3 N–H and O–H groups in total. The van der Waals surface area contributed by atoms with Gasteiger partial charge in [-0.25, -0.2) is 0 Å². The molecule has 0 aromatic heterocycles. The maximum absolute atomic E-state index is 11.0. The van der Waals surface area contributed by atoms with Gasteiger partial charge in [-0.15, -0.1) is 0 Å². The molecule has 0 saturated heterocycles. The summed E-state index contributed by atoms with van der Waals surface area (Å²) in [4.78, 5) is 11.0. The Kier molecular flexibility index (Phi) is 3.48. The van der Waals surface area contributed by atoms with Crippen molar-refractivity contribution in [1.29, 1.82) is 0 Å². The van der Waals surface area contributed by atoms with Crippen molar-refractivity contribution in [3.05, 3.63) is 35.4 Å². The molecule has 0 heterocycles. The van der Waals surface area contributed by atoms with Gasteiger partial charge in [0.2, 0.25) is 5.91 Å². The van der Waals surface area contributed by atoms with E-state index >= 15 is 0 Å². The lowest BCUT2D eigenvalue weighted by Crippen LogP contribution is -2.36. The second kappa shape index (κ2) is 4.88. The van der Waals surface area contributed by atoms with Crippen LogP contribution in [-0.2, 0) is 5.41 Å². The van der Waals surface area contributed by atoms with Crippen molar-refractivity contribution in [1.82, 2.24) is 5.32 Å². The van der Waals surface area contributed by atoms with E-state index in [1.165, 1.54) is 31.2 Å². The molecular formula is C14H20N2O. The normalized spacial score (nSPS) is 17.5. The predicted octanol–water partition coefficient (Wildman–Crippen LogP) is 1.82. The van der Waals surface area contributed by atoms with E-state index < -0.39 is 0 Å². The number of carbonyl (C=O) groups is 1. The second-order valence-electron chi connectivity index (χ2n) is 4.93. The highest BCUT2D eigenvalue weighted by atomic mass is 16.1. The molecular weight excluding hydrogens is 212 g/mol. The van der Waals surface area contributed by atoms with Gasteiger partial charge < -0.3 is 11.1 Å². The first-order valence-corrected chi connectivity index (χ1v) is 6.23. The van der Waals surface area contributed by atoms with Gasteiger partial charge in [-0.2, -0.15) is 0 Å². The molecule has 1 aromatic rings. The number of rotatable bonds is 5. The third-order valence-corrected chi connectivity index (χ3v) is 3.95. The molecule has 1 fully saturated rings. The van der Waals surface area contributed by atoms with Gasteiger partial charge in [-0.1, -0.05) is 18.6 Å². The van der Waals surface area contributed by atoms with E-state index in [0.29, 0.717) is 11.0 Å². The number of hydrogen-bond donors (Lipinski definition) is 2. The summed E-state index contributed by atoms with van der Waals surface area (Å²) in [5.74, 6) is -0.352. The zero-order valence-corrected chi connectivity index (χ0v) is 10.3. The number of nitrogens with one attached hydrogen (secondary N) is 1. The summed E-state index contributed by atoms with van der Waals surface area (Å²) in [6, 6.07) is 7.82. The Morgan fingerprint density at radius 1 is 1.35 bits per heavy atom. The molecule has 17 heavy (non-hydrogen) atoms. The summed E-state index contributed by atoms with van der Waals surface area (Å²) in [6.07, 6.45) is 4.98. The fourth-order valence-electron chi connectivity index (χ4n) is 2.64. The largest absolute Gasteiger partial charge is 0.366 e. The zero-order valence-electron chi connectivity index (χ0n) is 10.3. The topological polar surface area (TPSA) is 55.1 Å². The Morgan fingerprint density at radius 2 is 2.00 bits per heavy atom.